The molecule has 1 aromatic rings. The van der Waals surface area contributed by atoms with Crippen LogP contribution in [0.5, 0.6) is 0 Å². The molecule has 2 N–H and O–H groups in total. The topological polar surface area (TPSA) is 54.0 Å². The summed E-state index contributed by atoms with van der Waals surface area (Å²) in [7, 11) is 0. The van der Waals surface area contributed by atoms with E-state index >= 15 is 0 Å². The molecule has 0 saturated heterocycles. The van der Waals surface area contributed by atoms with Gasteiger partial charge >= 0.3 is 6.18 Å². The van der Waals surface area contributed by atoms with E-state index < -0.39 is 18.6 Å². The zero-order valence-corrected chi connectivity index (χ0v) is 8.92. The lowest BCUT2D eigenvalue weighted by Crippen LogP contribution is -2.38. The van der Waals surface area contributed by atoms with Crippen LogP contribution in [-0.4, -0.2) is 30.2 Å². The van der Waals surface area contributed by atoms with Gasteiger partial charge in [0.25, 0.3) is 0 Å². The molecule has 0 aliphatic heterocycles. The number of carbonyl (C=O) groups is 1. The molecule has 0 unspecified atom stereocenters. The van der Waals surface area contributed by atoms with Gasteiger partial charge in [-0.15, -0.1) is 0 Å². The van der Waals surface area contributed by atoms with Crippen LogP contribution in [0, 0.1) is 0 Å². The van der Waals surface area contributed by atoms with E-state index in [-0.39, 0.29) is 13.1 Å². The number of aromatic nitrogens is 1. The van der Waals surface area contributed by atoms with E-state index in [0.29, 0.717) is 5.69 Å². The summed E-state index contributed by atoms with van der Waals surface area (Å²) in [6, 6.07) is 5.20. The second-order valence-electron chi connectivity index (χ2n) is 3.32. The third-order valence-electron chi connectivity index (χ3n) is 1.80. The minimum Gasteiger partial charge on any atom is -0.349 e. The molecule has 0 bridgehead atoms. The van der Waals surface area contributed by atoms with Crippen LogP contribution in [0.3, 0.4) is 0 Å². The average molecular weight is 247 g/mol. The molecule has 0 radical (unpaired) electrons. The van der Waals surface area contributed by atoms with Crippen molar-refractivity contribution in [2.45, 2.75) is 12.7 Å². The Labute approximate surface area is 96.2 Å². The first-order valence-electron chi connectivity index (χ1n) is 4.91. The van der Waals surface area contributed by atoms with Crippen molar-refractivity contribution in [1.82, 2.24) is 15.6 Å². The molecule has 4 nitrogen and oxygen atoms in total. The number of hydrogen-bond donors (Lipinski definition) is 2. The van der Waals surface area contributed by atoms with Gasteiger partial charge in [-0.25, -0.2) is 0 Å². The van der Waals surface area contributed by atoms with Gasteiger partial charge in [0.05, 0.1) is 25.3 Å². The molecule has 0 aromatic carbocycles. The number of hydrogen-bond acceptors (Lipinski definition) is 3. The van der Waals surface area contributed by atoms with Crippen molar-refractivity contribution in [3.8, 4) is 0 Å². The average Bonchev–Trinajstić information content (AvgIpc) is 2.26. The molecule has 1 heterocycles. The van der Waals surface area contributed by atoms with Crippen molar-refractivity contribution in [1.29, 1.82) is 0 Å². The van der Waals surface area contributed by atoms with Crippen LogP contribution in [0.2, 0.25) is 0 Å². The first kappa shape index (κ1) is 13.4. The fourth-order valence-electron chi connectivity index (χ4n) is 1.07. The van der Waals surface area contributed by atoms with Crippen molar-refractivity contribution in [3.05, 3.63) is 30.1 Å². The number of amides is 1. The van der Waals surface area contributed by atoms with Crippen LogP contribution in [0.4, 0.5) is 13.2 Å². The van der Waals surface area contributed by atoms with Crippen LogP contribution < -0.4 is 10.6 Å². The molecule has 0 aliphatic rings. The van der Waals surface area contributed by atoms with Crippen molar-refractivity contribution < 1.29 is 18.0 Å². The number of pyridine rings is 1. The highest BCUT2D eigenvalue weighted by molar-refractivity contribution is 5.77. The van der Waals surface area contributed by atoms with Crippen molar-refractivity contribution in [3.63, 3.8) is 0 Å². The smallest absolute Gasteiger partial charge is 0.349 e. The normalized spacial score (nSPS) is 11.2. The predicted molar refractivity (Wildman–Crippen MR) is 55.0 cm³/mol. The largest absolute Gasteiger partial charge is 0.401 e. The summed E-state index contributed by atoms with van der Waals surface area (Å²) in [6.07, 6.45) is -2.73. The maximum Gasteiger partial charge on any atom is 0.401 e. The molecule has 0 spiro atoms. The summed E-state index contributed by atoms with van der Waals surface area (Å²) in [4.78, 5) is 15.1. The van der Waals surface area contributed by atoms with Crippen molar-refractivity contribution in [2.75, 3.05) is 13.1 Å². The summed E-state index contributed by atoms with van der Waals surface area (Å²) in [5, 5.41) is 4.46. The molecule has 0 fully saturated rings. The Hall–Kier alpha value is -1.63. The molecule has 94 valence electrons. The number of carbonyl (C=O) groups excluding carboxylic acids is 1. The standard InChI is InChI=1S/C10H12F3N3O/c11-10(12,13)7-14-6-9(17)16-5-8-3-1-2-4-15-8/h1-4,14H,5-7H2,(H,16,17). The van der Waals surface area contributed by atoms with Gasteiger partial charge in [0, 0.05) is 6.20 Å². The van der Waals surface area contributed by atoms with Crippen LogP contribution in [0.1, 0.15) is 5.69 Å². The van der Waals surface area contributed by atoms with Gasteiger partial charge in [-0.05, 0) is 12.1 Å². The van der Waals surface area contributed by atoms with Gasteiger partial charge < -0.3 is 10.6 Å². The molecule has 0 aliphatic carbocycles. The molecular formula is C10H12F3N3O. The lowest BCUT2D eigenvalue weighted by molar-refractivity contribution is -0.128. The predicted octanol–water partition coefficient (Wildman–Crippen LogP) is 0.850. The molecule has 0 saturated carbocycles. The molecule has 7 heteroatoms. The highest BCUT2D eigenvalue weighted by atomic mass is 19.4. The van der Waals surface area contributed by atoms with E-state index in [9.17, 15) is 18.0 Å². The van der Waals surface area contributed by atoms with E-state index in [1.54, 1.807) is 24.4 Å². The van der Waals surface area contributed by atoms with Gasteiger partial charge in [-0.2, -0.15) is 13.2 Å². The number of halogens is 3. The maximum atomic E-state index is 11.8. The molecule has 1 amide bonds. The lowest BCUT2D eigenvalue weighted by atomic mass is 10.3. The van der Waals surface area contributed by atoms with E-state index in [0.717, 1.165) is 0 Å². The number of rotatable bonds is 5. The highest BCUT2D eigenvalue weighted by Crippen LogP contribution is 2.11. The molecule has 1 aromatic heterocycles. The number of alkyl halides is 3. The van der Waals surface area contributed by atoms with Gasteiger partial charge in [0.2, 0.25) is 5.91 Å². The summed E-state index contributed by atoms with van der Waals surface area (Å²) >= 11 is 0. The third kappa shape index (κ3) is 6.52. The number of nitrogens with one attached hydrogen (secondary N) is 2. The molecular weight excluding hydrogens is 235 g/mol. The van der Waals surface area contributed by atoms with Crippen LogP contribution in [-0.2, 0) is 11.3 Å². The van der Waals surface area contributed by atoms with Crippen molar-refractivity contribution in [2.24, 2.45) is 0 Å². The maximum absolute atomic E-state index is 11.8. The molecule has 17 heavy (non-hydrogen) atoms. The van der Waals surface area contributed by atoms with E-state index in [1.807, 2.05) is 5.32 Å². The van der Waals surface area contributed by atoms with E-state index in [1.165, 1.54) is 0 Å². The summed E-state index contributed by atoms with van der Waals surface area (Å²) in [6.45, 7) is -1.34. The van der Waals surface area contributed by atoms with Crippen LogP contribution in [0.15, 0.2) is 24.4 Å². The van der Waals surface area contributed by atoms with Crippen LogP contribution in [0.25, 0.3) is 0 Å². The Balaban J connectivity index is 2.18. The van der Waals surface area contributed by atoms with Gasteiger partial charge in [0.1, 0.15) is 0 Å². The monoisotopic (exact) mass is 247 g/mol. The Bertz CT molecular complexity index is 354. The van der Waals surface area contributed by atoms with Gasteiger partial charge in [0.15, 0.2) is 0 Å². The van der Waals surface area contributed by atoms with Gasteiger partial charge in [-0.3, -0.25) is 9.78 Å². The Morgan fingerprint density at radius 1 is 1.35 bits per heavy atom. The zero-order chi connectivity index (χ0) is 12.7. The van der Waals surface area contributed by atoms with E-state index in [4.69, 9.17) is 0 Å². The van der Waals surface area contributed by atoms with Gasteiger partial charge in [-0.1, -0.05) is 6.07 Å². The quantitative estimate of drug-likeness (QED) is 0.811. The fourth-order valence-corrected chi connectivity index (χ4v) is 1.07. The molecule has 0 atom stereocenters. The highest BCUT2D eigenvalue weighted by Gasteiger charge is 2.26. The second-order valence-corrected chi connectivity index (χ2v) is 3.32. The summed E-state index contributed by atoms with van der Waals surface area (Å²) in [5.74, 6) is -0.500. The number of nitrogens with zero attached hydrogens (tertiary/aromatic N) is 1. The Morgan fingerprint density at radius 3 is 2.71 bits per heavy atom. The summed E-state index contributed by atoms with van der Waals surface area (Å²) < 4.78 is 35.3. The van der Waals surface area contributed by atoms with Crippen molar-refractivity contribution >= 4 is 5.91 Å². The SMILES string of the molecule is O=C(CNCC(F)(F)F)NCc1ccccn1. The lowest BCUT2D eigenvalue weighted by Gasteiger charge is -2.08. The van der Waals surface area contributed by atoms with Crippen LogP contribution >= 0.6 is 0 Å². The third-order valence-corrected chi connectivity index (χ3v) is 1.80. The summed E-state index contributed by atoms with van der Waals surface area (Å²) in [5.41, 5.74) is 0.650. The Morgan fingerprint density at radius 2 is 2.12 bits per heavy atom. The Kier molecular flexibility index (Phi) is 4.89. The van der Waals surface area contributed by atoms with E-state index in [2.05, 4.69) is 10.3 Å². The fraction of sp³-hybridized carbons (Fsp3) is 0.400. The first-order chi connectivity index (χ1) is 7.97. The first-order valence-corrected chi connectivity index (χ1v) is 4.91. The second kappa shape index (κ2) is 6.19. The minimum atomic E-state index is -4.30. The molecule has 1 rings (SSSR count). The zero-order valence-electron chi connectivity index (χ0n) is 8.92. The minimum absolute atomic E-state index is 0.202.